The molecule has 0 amide bonds. The van der Waals surface area contributed by atoms with E-state index in [0.717, 1.165) is 18.7 Å². The van der Waals surface area contributed by atoms with Gasteiger partial charge in [-0.2, -0.15) is 0 Å². The minimum atomic E-state index is -0.515. The van der Waals surface area contributed by atoms with Crippen LogP contribution in [0.25, 0.3) is 0 Å². The number of aliphatic hydroxyl groups excluding tert-OH is 1. The van der Waals surface area contributed by atoms with E-state index in [4.69, 9.17) is 5.73 Å². The number of nitrogens with two attached hydrogens (primary N) is 1. The summed E-state index contributed by atoms with van der Waals surface area (Å²) in [5.74, 6) is 0. The third kappa shape index (κ3) is 4.19. The molecule has 0 saturated heterocycles. The van der Waals surface area contributed by atoms with Crippen molar-refractivity contribution in [3.05, 3.63) is 29.8 Å². The van der Waals surface area contributed by atoms with E-state index in [9.17, 15) is 5.11 Å². The molecule has 0 aliphatic carbocycles. The number of hydrogen-bond acceptors (Lipinski definition) is 3. The summed E-state index contributed by atoms with van der Waals surface area (Å²) in [5, 5.41) is 9.41. The van der Waals surface area contributed by atoms with Gasteiger partial charge < -0.3 is 15.7 Å². The van der Waals surface area contributed by atoms with Crippen molar-refractivity contribution in [2.45, 2.75) is 32.9 Å². The van der Waals surface area contributed by atoms with Crippen LogP contribution in [0.4, 0.5) is 5.69 Å². The molecular weight excluding hydrogens is 236 g/mol. The van der Waals surface area contributed by atoms with Crippen molar-refractivity contribution in [3.63, 3.8) is 0 Å². The van der Waals surface area contributed by atoms with Crippen LogP contribution in [0.2, 0.25) is 0 Å². The van der Waals surface area contributed by atoms with Gasteiger partial charge in [0.05, 0.1) is 12.1 Å². The van der Waals surface area contributed by atoms with Gasteiger partial charge in [-0.05, 0) is 38.5 Å². The molecule has 1 aromatic carbocycles. The highest BCUT2D eigenvalue weighted by Crippen LogP contribution is 2.19. The van der Waals surface area contributed by atoms with E-state index in [0.29, 0.717) is 0 Å². The second-order valence-electron chi connectivity index (χ2n) is 4.03. The summed E-state index contributed by atoms with van der Waals surface area (Å²) in [6, 6.07) is 7.80. The fourth-order valence-corrected chi connectivity index (χ4v) is 1.77. The van der Waals surface area contributed by atoms with Crippen molar-refractivity contribution in [3.8, 4) is 0 Å². The normalized spacial score (nSPS) is 13.7. The lowest BCUT2D eigenvalue weighted by atomic mass is 10.0. The Labute approximate surface area is 110 Å². The summed E-state index contributed by atoms with van der Waals surface area (Å²) >= 11 is 0. The second kappa shape index (κ2) is 7.54. The Bertz CT molecular complexity index is 289. The smallest absolute Gasteiger partial charge is 0.0704 e. The predicted molar refractivity (Wildman–Crippen MR) is 75.9 cm³/mol. The van der Waals surface area contributed by atoms with Crippen LogP contribution in [0, 0.1) is 0 Å². The first kappa shape index (κ1) is 16.2. The van der Waals surface area contributed by atoms with Gasteiger partial charge in [-0.15, -0.1) is 12.4 Å². The first-order valence-corrected chi connectivity index (χ1v) is 5.88. The van der Waals surface area contributed by atoms with E-state index < -0.39 is 6.10 Å². The van der Waals surface area contributed by atoms with Gasteiger partial charge in [0, 0.05) is 18.8 Å². The van der Waals surface area contributed by atoms with Gasteiger partial charge >= 0.3 is 0 Å². The number of aliphatic hydroxyl groups is 1. The Kier molecular flexibility index (Phi) is 7.19. The van der Waals surface area contributed by atoms with Gasteiger partial charge in [-0.25, -0.2) is 0 Å². The predicted octanol–water partition coefficient (Wildman–Crippen LogP) is 2.34. The van der Waals surface area contributed by atoms with Crippen molar-refractivity contribution in [1.29, 1.82) is 0 Å². The molecule has 0 heterocycles. The van der Waals surface area contributed by atoms with Crippen LogP contribution >= 0.6 is 12.4 Å². The number of benzene rings is 1. The van der Waals surface area contributed by atoms with Gasteiger partial charge in [0.2, 0.25) is 0 Å². The van der Waals surface area contributed by atoms with E-state index in [1.807, 2.05) is 12.1 Å². The van der Waals surface area contributed by atoms with Crippen molar-refractivity contribution in [2.75, 3.05) is 18.0 Å². The lowest BCUT2D eigenvalue weighted by molar-refractivity contribution is 0.164. The minimum Gasteiger partial charge on any atom is -0.391 e. The molecule has 3 N–H and O–H groups in total. The fourth-order valence-electron chi connectivity index (χ4n) is 1.77. The Morgan fingerprint density at radius 3 is 2.00 bits per heavy atom. The zero-order valence-electron chi connectivity index (χ0n) is 10.8. The average Bonchev–Trinajstić information content (AvgIpc) is 2.30. The van der Waals surface area contributed by atoms with Crippen LogP contribution in [-0.4, -0.2) is 24.3 Å². The molecule has 1 aromatic rings. The fraction of sp³-hybridized carbons (Fsp3) is 0.538. The highest BCUT2D eigenvalue weighted by Gasteiger charge is 2.11. The summed E-state index contributed by atoms with van der Waals surface area (Å²) in [7, 11) is 0. The van der Waals surface area contributed by atoms with E-state index in [1.54, 1.807) is 6.92 Å². The molecule has 17 heavy (non-hydrogen) atoms. The third-order valence-electron chi connectivity index (χ3n) is 2.93. The van der Waals surface area contributed by atoms with Gasteiger partial charge in [0.1, 0.15) is 0 Å². The molecule has 0 radical (unpaired) electrons. The summed E-state index contributed by atoms with van der Waals surface area (Å²) in [6.07, 6.45) is -0.515. The van der Waals surface area contributed by atoms with Crippen LogP contribution in [-0.2, 0) is 0 Å². The molecule has 4 heteroatoms. The third-order valence-corrected chi connectivity index (χ3v) is 2.93. The van der Waals surface area contributed by atoms with Crippen LogP contribution in [0.5, 0.6) is 0 Å². The van der Waals surface area contributed by atoms with Crippen LogP contribution in [0.15, 0.2) is 24.3 Å². The van der Waals surface area contributed by atoms with Gasteiger partial charge in [-0.1, -0.05) is 12.1 Å². The minimum absolute atomic E-state index is 0. The quantitative estimate of drug-likeness (QED) is 0.852. The first-order valence-electron chi connectivity index (χ1n) is 5.88. The number of halogens is 1. The maximum absolute atomic E-state index is 9.41. The molecule has 0 aliphatic rings. The Morgan fingerprint density at radius 1 is 1.18 bits per heavy atom. The standard InChI is InChI=1S/C13H22N2O.ClH/c1-4-15(5-2)12-8-6-11(7-9-12)13(14)10(3)16;/h6-10,13,16H,4-5,14H2,1-3H3;1H/t10-,13-;/m0./s1. The van der Waals surface area contributed by atoms with Gasteiger partial charge in [0.15, 0.2) is 0 Å². The molecule has 98 valence electrons. The molecule has 0 bridgehead atoms. The number of anilines is 1. The molecule has 0 fully saturated rings. The molecule has 2 atom stereocenters. The second-order valence-corrected chi connectivity index (χ2v) is 4.03. The topological polar surface area (TPSA) is 49.5 Å². The molecule has 0 spiro atoms. The van der Waals surface area contributed by atoms with E-state index in [1.165, 1.54) is 5.69 Å². The Hall–Kier alpha value is -0.770. The van der Waals surface area contributed by atoms with Crippen molar-refractivity contribution >= 4 is 18.1 Å². The van der Waals surface area contributed by atoms with Crippen molar-refractivity contribution in [1.82, 2.24) is 0 Å². The van der Waals surface area contributed by atoms with E-state index >= 15 is 0 Å². The molecule has 0 aromatic heterocycles. The highest BCUT2D eigenvalue weighted by molar-refractivity contribution is 5.85. The molecule has 0 unspecified atom stereocenters. The maximum Gasteiger partial charge on any atom is 0.0704 e. The lowest BCUT2D eigenvalue weighted by Gasteiger charge is -2.22. The van der Waals surface area contributed by atoms with Crippen molar-refractivity contribution in [2.24, 2.45) is 5.73 Å². The van der Waals surface area contributed by atoms with Crippen LogP contribution in [0.1, 0.15) is 32.4 Å². The maximum atomic E-state index is 9.41. The summed E-state index contributed by atoms with van der Waals surface area (Å²) in [4.78, 5) is 2.28. The lowest BCUT2D eigenvalue weighted by Crippen LogP contribution is -2.24. The largest absolute Gasteiger partial charge is 0.391 e. The summed E-state index contributed by atoms with van der Waals surface area (Å²) in [6.45, 7) is 7.98. The Morgan fingerprint density at radius 2 is 1.65 bits per heavy atom. The number of hydrogen-bond donors (Lipinski definition) is 2. The van der Waals surface area contributed by atoms with Crippen LogP contribution in [0.3, 0.4) is 0 Å². The highest BCUT2D eigenvalue weighted by atomic mass is 35.5. The molecule has 0 aliphatic heterocycles. The van der Waals surface area contributed by atoms with Gasteiger partial charge in [0.25, 0.3) is 0 Å². The SMILES string of the molecule is CCN(CC)c1ccc([C@@H](N)[C@H](C)O)cc1.Cl. The number of nitrogens with zero attached hydrogens (tertiary/aromatic N) is 1. The molecule has 0 saturated carbocycles. The van der Waals surface area contributed by atoms with Gasteiger partial charge in [-0.3, -0.25) is 0 Å². The summed E-state index contributed by atoms with van der Waals surface area (Å²) < 4.78 is 0. The van der Waals surface area contributed by atoms with E-state index in [-0.39, 0.29) is 18.4 Å². The van der Waals surface area contributed by atoms with E-state index in [2.05, 4.69) is 30.9 Å². The number of rotatable bonds is 5. The van der Waals surface area contributed by atoms with Crippen molar-refractivity contribution < 1.29 is 5.11 Å². The monoisotopic (exact) mass is 258 g/mol. The molecule has 3 nitrogen and oxygen atoms in total. The summed E-state index contributed by atoms with van der Waals surface area (Å²) in [5.41, 5.74) is 8.04. The Balaban J connectivity index is 0.00000256. The van der Waals surface area contributed by atoms with Crippen LogP contribution < -0.4 is 10.6 Å². The molecule has 1 rings (SSSR count). The first-order chi connectivity index (χ1) is 7.60. The molecular formula is C13H23ClN2O. The average molecular weight is 259 g/mol. The zero-order valence-corrected chi connectivity index (χ0v) is 11.6. The zero-order chi connectivity index (χ0) is 12.1.